The summed E-state index contributed by atoms with van der Waals surface area (Å²) in [4.78, 5) is 42.2. The zero-order chi connectivity index (χ0) is 18.0. The van der Waals surface area contributed by atoms with Crippen LogP contribution in [0.5, 0.6) is 0 Å². The molecule has 1 N–H and O–H groups in total. The third-order valence-corrected chi connectivity index (χ3v) is 4.52. The number of imidazole rings is 1. The molecule has 1 atom stereocenters. The second kappa shape index (κ2) is 6.92. The molecule has 1 unspecified atom stereocenters. The van der Waals surface area contributed by atoms with Crippen LogP contribution < -0.4 is 5.56 Å². The van der Waals surface area contributed by atoms with Gasteiger partial charge >= 0.3 is 5.97 Å². The molecule has 0 aliphatic carbocycles. The van der Waals surface area contributed by atoms with Gasteiger partial charge in [-0.3, -0.25) is 14.4 Å². The van der Waals surface area contributed by atoms with Crippen molar-refractivity contribution in [3.05, 3.63) is 52.5 Å². The van der Waals surface area contributed by atoms with Gasteiger partial charge in [0.15, 0.2) is 0 Å². The summed E-state index contributed by atoms with van der Waals surface area (Å²) >= 11 is 0. The average molecular weight is 344 g/mol. The molecular formula is C17H20N4O4. The topological polar surface area (TPSA) is 97.4 Å². The zero-order valence-electron chi connectivity index (χ0n) is 14.0. The maximum Gasteiger partial charge on any atom is 0.323 e. The molecule has 1 amide bonds. The molecule has 1 aliphatic rings. The molecule has 25 heavy (non-hydrogen) atoms. The van der Waals surface area contributed by atoms with Gasteiger partial charge in [0.05, 0.1) is 24.3 Å². The zero-order valence-corrected chi connectivity index (χ0v) is 14.0. The van der Waals surface area contributed by atoms with Gasteiger partial charge in [-0.15, -0.1) is 0 Å². The van der Waals surface area contributed by atoms with E-state index < -0.39 is 18.1 Å². The van der Waals surface area contributed by atoms with E-state index in [-0.39, 0.29) is 17.5 Å². The van der Waals surface area contributed by atoms with Crippen molar-refractivity contribution in [1.29, 1.82) is 0 Å². The minimum Gasteiger partial charge on any atom is -0.480 e. The molecule has 132 valence electrons. The lowest BCUT2D eigenvalue weighted by Crippen LogP contribution is -2.42. The largest absolute Gasteiger partial charge is 0.480 e. The summed E-state index contributed by atoms with van der Waals surface area (Å²) in [6.07, 6.45) is 7.48. The third kappa shape index (κ3) is 3.33. The minimum atomic E-state index is -1.13. The molecule has 0 saturated carbocycles. The normalized spacial score (nSPS) is 17.5. The SMILES string of the molecule is Cn1cncc1C1CCCCN1C(=O)c1cccn(CC(=O)O)c1=O. The van der Waals surface area contributed by atoms with Crippen LogP contribution in [0.4, 0.5) is 0 Å². The lowest BCUT2D eigenvalue weighted by molar-refractivity contribution is -0.137. The van der Waals surface area contributed by atoms with E-state index in [0.717, 1.165) is 29.5 Å². The summed E-state index contributed by atoms with van der Waals surface area (Å²) in [6.45, 7) is 0.0903. The summed E-state index contributed by atoms with van der Waals surface area (Å²) in [5, 5.41) is 8.90. The molecule has 2 aromatic heterocycles. The van der Waals surface area contributed by atoms with Crippen LogP contribution in [0.2, 0.25) is 0 Å². The molecule has 0 bridgehead atoms. The number of aliphatic carboxylic acids is 1. The Hall–Kier alpha value is -2.90. The highest BCUT2D eigenvalue weighted by atomic mass is 16.4. The Morgan fingerprint density at radius 2 is 2.16 bits per heavy atom. The van der Waals surface area contributed by atoms with Gasteiger partial charge in [-0.25, -0.2) is 4.98 Å². The van der Waals surface area contributed by atoms with Crippen LogP contribution >= 0.6 is 0 Å². The first-order chi connectivity index (χ1) is 12.0. The summed E-state index contributed by atoms with van der Waals surface area (Å²) in [5.74, 6) is -1.49. The van der Waals surface area contributed by atoms with E-state index in [0.29, 0.717) is 6.54 Å². The molecule has 1 fully saturated rings. The summed E-state index contributed by atoms with van der Waals surface area (Å²) < 4.78 is 2.92. The Morgan fingerprint density at radius 3 is 2.84 bits per heavy atom. The lowest BCUT2D eigenvalue weighted by atomic mass is 9.98. The molecular weight excluding hydrogens is 324 g/mol. The molecule has 0 spiro atoms. The maximum atomic E-state index is 13.0. The van der Waals surface area contributed by atoms with E-state index in [1.165, 1.54) is 18.3 Å². The van der Waals surface area contributed by atoms with E-state index in [1.807, 2.05) is 11.6 Å². The summed E-state index contributed by atoms with van der Waals surface area (Å²) in [6, 6.07) is 2.85. The van der Waals surface area contributed by atoms with Crippen LogP contribution in [0.1, 0.15) is 41.4 Å². The number of nitrogens with zero attached hydrogens (tertiary/aromatic N) is 4. The molecule has 1 aliphatic heterocycles. The van der Waals surface area contributed by atoms with Crippen LogP contribution in [-0.2, 0) is 18.4 Å². The van der Waals surface area contributed by atoms with E-state index in [4.69, 9.17) is 5.11 Å². The molecule has 3 rings (SSSR count). The predicted molar refractivity (Wildman–Crippen MR) is 89.2 cm³/mol. The second-order valence-electron chi connectivity index (χ2n) is 6.19. The number of aryl methyl sites for hydroxylation is 1. The number of hydrogen-bond donors (Lipinski definition) is 1. The smallest absolute Gasteiger partial charge is 0.323 e. The molecule has 0 aromatic carbocycles. The van der Waals surface area contributed by atoms with E-state index in [1.54, 1.807) is 17.4 Å². The summed E-state index contributed by atoms with van der Waals surface area (Å²) in [7, 11) is 1.88. The maximum absolute atomic E-state index is 13.0. The Labute approximate surface area is 144 Å². The van der Waals surface area contributed by atoms with Crippen LogP contribution in [0.25, 0.3) is 0 Å². The van der Waals surface area contributed by atoms with Gasteiger partial charge in [0.25, 0.3) is 11.5 Å². The number of piperidine rings is 1. The number of carboxylic acids is 1. The monoisotopic (exact) mass is 344 g/mol. The second-order valence-corrected chi connectivity index (χ2v) is 6.19. The molecule has 2 aromatic rings. The van der Waals surface area contributed by atoms with Crippen molar-refractivity contribution in [2.24, 2.45) is 7.05 Å². The highest BCUT2D eigenvalue weighted by molar-refractivity contribution is 5.94. The van der Waals surface area contributed by atoms with Gasteiger partial charge in [-0.05, 0) is 31.4 Å². The standard InChI is InChI=1S/C17H20N4O4/c1-19-11-18-9-14(19)13-6-2-3-8-21(13)17(25)12-5-4-7-20(16(12)24)10-15(22)23/h4-5,7,9,11,13H,2-3,6,8,10H2,1H3,(H,22,23). The highest BCUT2D eigenvalue weighted by Gasteiger charge is 2.31. The van der Waals surface area contributed by atoms with Crippen LogP contribution in [0.3, 0.4) is 0 Å². The van der Waals surface area contributed by atoms with E-state index in [9.17, 15) is 14.4 Å². The Morgan fingerprint density at radius 1 is 1.36 bits per heavy atom. The van der Waals surface area contributed by atoms with Crippen LogP contribution in [0, 0.1) is 0 Å². The number of carbonyl (C=O) groups is 2. The van der Waals surface area contributed by atoms with Gasteiger partial charge in [-0.2, -0.15) is 0 Å². The predicted octanol–water partition coefficient (Wildman–Crippen LogP) is 1.03. The average Bonchev–Trinajstić information content (AvgIpc) is 3.02. The number of pyridine rings is 1. The number of likely N-dealkylation sites (tertiary alicyclic amines) is 1. The molecule has 1 saturated heterocycles. The van der Waals surface area contributed by atoms with Crippen molar-refractivity contribution in [3.63, 3.8) is 0 Å². The lowest BCUT2D eigenvalue weighted by Gasteiger charge is -2.35. The number of hydrogen-bond acceptors (Lipinski definition) is 4. The van der Waals surface area contributed by atoms with Crippen LogP contribution in [-0.4, -0.2) is 42.5 Å². The number of amides is 1. The van der Waals surface area contributed by atoms with Gasteiger partial charge in [-0.1, -0.05) is 0 Å². The fraction of sp³-hybridized carbons (Fsp3) is 0.412. The first kappa shape index (κ1) is 16.9. The number of carboxylic acid groups (broad SMARTS) is 1. The van der Waals surface area contributed by atoms with Crippen molar-refractivity contribution in [1.82, 2.24) is 19.0 Å². The first-order valence-electron chi connectivity index (χ1n) is 8.17. The fourth-order valence-electron chi connectivity index (χ4n) is 3.30. The van der Waals surface area contributed by atoms with Crippen molar-refractivity contribution >= 4 is 11.9 Å². The van der Waals surface area contributed by atoms with Gasteiger partial charge in [0.1, 0.15) is 12.1 Å². The first-order valence-corrected chi connectivity index (χ1v) is 8.17. The van der Waals surface area contributed by atoms with Crippen molar-refractivity contribution in [2.45, 2.75) is 31.8 Å². The Kier molecular flexibility index (Phi) is 4.69. The highest BCUT2D eigenvalue weighted by Crippen LogP contribution is 2.31. The van der Waals surface area contributed by atoms with E-state index in [2.05, 4.69) is 4.98 Å². The Balaban J connectivity index is 1.95. The number of rotatable bonds is 4. The van der Waals surface area contributed by atoms with Gasteiger partial charge in [0.2, 0.25) is 0 Å². The fourth-order valence-corrected chi connectivity index (χ4v) is 3.30. The molecule has 0 radical (unpaired) electrons. The van der Waals surface area contributed by atoms with Crippen molar-refractivity contribution in [3.8, 4) is 0 Å². The molecule has 8 heteroatoms. The van der Waals surface area contributed by atoms with E-state index >= 15 is 0 Å². The quantitative estimate of drug-likeness (QED) is 0.893. The van der Waals surface area contributed by atoms with Crippen molar-refractivity contribution < 1.29 is 14.7 Å². The third-order valence-electron chi connectivity index (χ3n) is 4.52. The number of carbonyl (C=O) groups excluding carboxylic acids is 1. The van der Waals surface area contributed by atoms with Gasteiger partial charge < -0.3 is 19.1 Å². The van der Waals surface area contributed by atoms with Crippen molar-refractivity contribution in [2.75, 3.05) is 6.54 Å². The Bertz CT molecular complexity index is 854. The molecule has 3 heterocycles. The number of aromatic nitrogens is 3. The van der Waals surface area contributed by atoms with Gasteiger partial charge in [0, 0.05) is 19.8 Å². The van der Waals surface area contributed by atoms with Crippen LogP contribution in [0.15, 0.2) is 35.6 Å². The summed E-state index contributed by atoms with van der Waals surface area (Å²) in [5.41, 5.74) is 0.344. The molecule has 8 nitrogen and oxygen atoms in total. The minimum absolute atomic E-state index is 0.00202.